The fraction of sp³-hybridized carbons (Fsp3) is 0.556. The van der Waals surface area contributed by atoms with Gasteiger partial charge in [-0.1, -0.05) is 6.08 Å². The van der Waals surface area contributed by atoms with Crippen molar-refractivity contribution in [1.29, 1.82) is 0 Å². The largest absolute Gasteiger partial charge is 0.457 e. The Labute approximate surface area is 72.3 Å². The van der Waals surface area contributed by atoms with Gasteiger partial charge in [0, 0.05) is 13.3 Å². The Morgan fingerprint density at radius 1 is 1.75 bits per heavy atom. The number of rotatable bonds is 4. The van der Waals surface area contributed by atoms with E-state index < -0.39 is 5.79 Å². The van der Waals surface area contributed by atoms with E-state index in [1.807, 2.05) is 13.0 Å². The van der Waals surface area contributed by atoms with Crippen molar-refractivity contribution in [3.8, 4) is 0 Å². The average Bonchev–Trinajstić information content (AvgIpc) is 2.45. The van der Waals surface area contributed by atoms with E-state index in [1.165, 1.54) is 6.26 Å². The molecule has 0 saturated heterocycles. The molecule has 1 atom stereocenters. The molecule has 0 bridgehead atoms. The van der Waals surface area contributed by atoms with Crippen LogP contribution in [-0.2, 0) is 9.47 Å². The molecule has 0 saturated carbocycles. The minimum absolute atomic E-state index is 0.107. The van der Waals surface area contributed by atoms with E-state index in [1.54, 1.807) is 0 Å². The zero-order valence-corrected chi connectivity index (χ0v) is 7.25. The Morgan fingerprint density at radius 2 is 2.50 bits per heavy atom. The summed E-state index contributed by atoms with van der Waals surface area (Å²) in [4.78, 5) is 0. The van der Waals surface area contributed by atoms with E-state index in [0.717, 1.165) is 12.8 Å². The Kier molecular flexibility index (Phi) is 2.76. The fourth-order valence-electron chi connectivity index (χ4n) is 1.06. The van der Waals surface area contributed by atoms with Crippen molar-refractivity contribution in [3.63, 3.8) is 0 Å². The van der Waals surface area contributed by atoms with Crippen molar-refractivity contribution in [1.82, 2.24) is 0 Å². The molecule has 0 aliphatic carbocycles. The van der Waals surface area contributed by atoms with Crippen molar-refractivity contribution in [2.75, 3.05) is 6.61 Å². The second-order valence-corrected chi connectivity index (χ2v) is 2.92. The number of aliphatic hydroxyl groups is 1. The summed E-state index contributed by atoms with van der Waals surface area (Å²) < 4.78 is 10.6. The van der Waals surface area contributed by atoms with Gasteiger partial charge in [0.2, 0.25) is 5.79 Å². The summed E-state index contributed by atoms with van der Waals surface area (Å²) in [5, 5.41) is 8.73. The normalized spacial score (nSPS) is 27.3. The van der Waals surface area contributed by atoms with Crippen molar-refractivity contribution in [2.24, 2.45) is 0 Å². The summed E-state index contributed by atoms with van der Waals surface area (Å²) >= 11 is 0. The first-order chi connectivity index (χ1) is 5.70. The Balaban J connectivity index is 2.40. The molecule has 0 aromatic heterocycles. The predicted octanol–water partition coefficient (Wildman–Crippen LogP) is 1.55. The van der Waals surface area contributed by atoms with Crippen LogP contribution in [0.3, 0.4) is 0 Å². The molecule has 0 aromatic rings. The highest BCUT2D eigenvalue weighted by Gasteiger charge is 2.32. The molecule has 1 rings (SSSR count). The summed E-state index contributed by atoms with van der Waals surface area (Å²) in [5.74, 6) is -0.117. The van der Waals surface area contributed by atoms with Crippen molar-refractivity contribution in [2.45, 2.75) is 25.6 Å². The van der Waals surface area contributed by atoms with E-state index in [0.29, 0.717) is 5.76 Å². The van der Waals surface area contributed by atoms with Gasteiger partial charge in [-0.2, -0.15) is 0 Å². The molecule has 0 amide bonds. The lowest BCUT2D eigenvalue weighted by molar-refractivity contribution is -0.139. The highest BCUT2D eigenvalue weighted by molar-refractivity contribution is 4.96. The summed E-state index contributed by atoms with van der Waals surface area (Å²) in [5.41, 5.74) is 0. The standard InChI is InChI=1S/C9H14O3/c1-3-4-5-9(2)11-7-8(6-10)12-9/h3,7,10H,1,4-6H2,2H3. The monoisotopic (exact) mass is 170 g/mol. The average molecular weight is 170 g/mol. The van der Waals surface area contributed by atoms with Crippen LogP contribution < -0.4 is 0 Å². The molecule has 3 nitrogen and oxygen atoms in total. The quantitative estimate of drug-likeness (QED) is 0.650. The third kappa shape index (κ3) is 2.01. The van der Waals surface area contributed by atoms with Gasteiger partial charge in [-0.3, -0.25) is 0 Å². The molecule has 1 aliphatic heterocycles. The Morgan fingerprint density at radius 3 is 3.00 bits per heavy atom. The van der Waals surface area contributed by atoms with Crippen LogP contribution in [0.25, 0.3) is 0 Å². The molecule has 1 heterocycles. The molecular formula is C9H14O3. The zero-order valence-electron chi connectivity index (χ0n) is 7.25. The SMILES string of the molecule is C=CCCC1(C)OC=C(CO)O1. The minimum atomic E-state index is -0.605. The van der Waals surface area contributed by atoms with Crippen LogP contribution in [0.4, 0.5) is 0 Å². The number of aliphatic hydroxyl groups excluding tert-OH is 1. The number of hydrogen-bond acceptors (Lipinski definition) is 3. The minimum Gasteiger partial charge on any atom is -0.457 e. The molecule has 1 N–H and O–H groups in total. The van der Waals surface area contributed by atoms with Gasteiger partial charge in [0.1, 0.15) is 12.9 Å². The molecule has 3 heteroatoms. The van der Waals surface area contributed by atoms with Gasteiger partial charge in [0.15, 0.2) is 5.76 Å². The predicted molar refractivity (Wildman–Crippen MR) is 45.2 cm³/mol. The molecule has 0 fully saturated rings. The number of allylic oxidation sites excluding steroid dienone is 1. The van der Waals surface area contributed by atoms with Crippen LogP contribution in [0, 0.1) is 0 Å². The first kappa shape index (κ1) is 9.13. The molecule has 0 radical (unpaired) electrons. The van der Waals surface area contributed by atoms with Gasteiger partial charge in [-0.05, 0) is 6.42 Å². The lowest BCUT2D eigenvalue weighted by Gasteiger charge is -2.23. The van der Waals surface area contributed by atoms with Gasteiger partial charge >= 0.3 is 0 Å². The lowest BCUT2D eigenvalue weighted by Crippen LogP contribution is -2.25. The first-order valence-electron chi connectivity index (χ1n) is 3.98. The van der Waals surface area contributed by atoms with Crippen LogP contribution in [-0.4, -0.2) is 17.5 Å². The topological polar surface area (TPSA) is 38.7 Å². The summed E-state index contributed by atoms with van der Waals surface area (Å²) in [6.45, 7) is 5.35. The van der Waals surface area contributed by atoms with Gasteiger partial charge < -0.3 is 14.6 Å². The molecule has 0 spiro atoms. The van der Waals surface area contributed by atoms with E-state index in [-0.39, 0.29) is 6.61 Å². The smallest absolute Gasteiger partial charge is 0.247 e. The van der Waals surface area contributed by atoms with E-state index in [9.17, 15) is 0 Å². The number of hydrogen-bond donors (Lipinski definition) is 1. The van der Waals surface area contributed by atoms with E-state index in [2.05, 4.69) is 6.58 Å². The van der Waals surface area contributed by atoms with Gasteiger partial charge in [0.05, 0.1) is 0 Å². The fourth-order valence-corrected chi connectivity index (χ4v) is 1.06. The molecular weight excluding hydrogens is 156 g/mol. The van der Waals surface area contributed by atoms with Crippen molar-refractivity contribution < 1.29 is 14.6 Å². The third-order valence-electron chi connectivity index (χ3n) is 1.75. The highest BCUT2D eigenvalue weighted by Crippen LogP contribution is 2.28. The van der Waals surface area contributed by atoms with E-state index in [4.69, 9.17) is 14.6 Å². The van der Waals surface area contributed by atoms with Crippen molar-refractivity contribution >= 4 is 0 Å². The second kappa shape index (κ2) is 3.63. The summed E-state index contributed by atoms with van der Waals surface area (Å²) in [7, 11) is 0. The van der Waals surface area contributed by atoms with E-state index >= 15 is 0 Å². The van der Waals surface area contributed by atoms with Gasteiger partial charge in [-0.25, -0.2) is 0 Å². The zero-order chi connectivity index (χ0) is 9.03. The number of ether oxygens (including phenoxy) is 2. The Bertz CT molecular complexity index is 198. The Hall–Kier alpha value is -0.960. The third-order valence-corrected chi connectivity index (χ3v) is 1.75. The molecule has 12 heavy (non-hydrogen) atoms. The van der Waals surface area contributed by atoms with Crippen LogP contribution >= 0.6 is 0 Å². The lowest BCUT2D eigenvalue weighted by atomic mass is 10.2. The highest BCUT2D eigenvalue weighted by atomic mass is 16.7. The van der Waals surface area contributed by atoms with Gasteiger partial charge in [-0.15, -0.1) is 6.58 Å². The summed E-state index contributed by atoms with van der Waals surface area (Å²) in [6.07, 6.45) is 4.86. The molecule has 1 unspecified atom stereocenters. The van der Waals surface area contributed by atoms with Crippen LogP contribution in [0.2, 0.25) is 0 Å². The van der Waals surface area contributed by atoms with Crippen LogP contribution in [0.5, 0.6) is 0 Å². The molecule has 68 valence electrons. The first-order valence-corrected chi connectivity index (χ1v) is 3.98. The maximum Gasteiger partial charge on any atom is 0.247 e. The van der Waals surface area contributed by atoms with Crippen molar-refractivity contribution in [3.05, 3.63) is 24.7 Å². The summed E-state index contributed by atoms with van der Waals surface area (Å²) in [6, 6.07) is 0. The van der Waals surface area contributed by atoms with Crippen LogP contribution in [0.15, 0.2) is 24.7 Å². The molecule has 0 aromatic carbocycles. The molecule has 1 aliphatic rings. The maximum atomic E-state index is 8.73. The van der Waals surface area contributed by atoms with Crippen LogP contribution in [0.1, 0.15) is 19.8 Å². The van der Waals surface area contributed by atoms with Gasteiger partial charge in [0.25, 0.3) is 0 Å². The second-order valence-electron chi connectivity index (χ2n) is 2.92. The maximum absolute atomic E-state index is 8.73.